The summed E-state index contributed by atoms with van der Waals surface area (Å²) >= 11 is 0. The van der Waals surface area contributed by atoms with Crippen molar-refractivity contribution in [1.29, 1.82) is 0 Å². The van der Waals surface area contributed by atoms with Gasteiger partial charge in [-0.15, -0.1) is 0 Å². The summed E-state index contributed by atoms with van der Waals surface area (Å²) in [6.07, 6.45) is 2.50. The van der Waals surface area contributed by atoms with E-state index < -0.39 is 0 Å². The van der Waals surface area contributed by atoms with Crippen molar-refractivity contribution < 1.29 is 9.53 Å². The summed E-state index contributed by atoms with van der Waals surface area (Å²) in [7, 11) is 1.89. The Labute approximate surface area is 126 Å². The second kappa shape index (κ2) is 5.34. The Kier molecular flexibility index (Phi) is 3.66. The molecule has 114 valence electrons. The van der Waals surface area contributed by atoms with Crippen molar-refractivity contribution in [3.05, 3.63) is 29.8 Å². The lowest BCUT2D eigenvalue weighted by atomic mass is 9.88. The molecule has 1 N–H and O–H groups in total. The molecule has 2 unspecified atom stereocenters. The summed E-state index contributed by atoms with van der Waals surface area (Å²) < 4.78 is 6.07. The topological polar surface area (TPSA) is 41.6 Å². The lowest BCUT2D eigenvalue weighted by Crippen LogP contribution is -2.49. The number of rotatable bonds is 2. The van der Waals surface area contributed by atoms with Crippen LogP contribution < -0.4 is 10.1 Å². The molecule has 0 aromatic heterocycles. The van der Waals surface area contributed by atoms with Crippen molar-refractivity contribution in [3.63, 3.8) is 0 Å². The number of fused-ring (bicyclic) bond motifs is 1. The molecule has 0 aliphatic carbocycles. The molecule has 0 spiro atoms. The number of hydrogen-bond acceptors (Lipinski definition) is 3. The van der Waals surface area contributed by atoms with E-state index in [-0.39, 0.29) is 17.6 Å². The monoisotopic (exact) mass is 288 g/mol. The van der Waals surface area contributed by atoms with E-state index in [0.717, 1.165) is 25.1 Å². The van der Waals surface area contributed by atoms with E-state index in [0.29, 0.717) is 12.5 Å². The fraction of sp³-hybridized carbons (Fsp3) is 0.588. The molecule has 1 fully saturated rings. The first-order chi connectivity index (χ1) is 9.94. The summed E-state index contributed by atoms with van der Waals surface area (Å²) in [4.78, 5) is 13.4. The van der Waals surface area contributed by atoms with Gasteiger partial charge in [0.1, 0.15) is 11.4 Å². The van der Waals surface area contributed by atoms with Crippen LogP contribution >= 0.6 is 0 Å². The summed E-state index contributed by atoms with van der Waals surface area (Å²) in [5.41, 5.74) is 1.07. The van der Waals surface area contributed by atoms with Crippen LogP contribution in [-0.2, 0) is 4.79 Å². The number of amides is 1. The lowest BCUT2D eigenvalue weighted by molar-refractivity contribution is -0.132. The normalized spacial score (nSPS) is 28.0. The third-order valence-electron chi connectivity index (χ3n) is 4.44. The molecule has 1 aromatic rings. The van der Waals surface area contributed by atoms with Gasteiger partial charge in [-0.3, -0.25) is 4.79 Å². The Morgan fingerprint density at radius 2 is 2.10 bits per heavy atom. The van der Waals surface area contributed by atoms with Gasteiger partial charge in [0, 0.05) is 44.1 Å². The minimum Gasteiger partial charge on any atom is -0.487 e. The van der Waals surface area contributed by atoms with Gasteiger partial charge in [0.2, 0.25) is 5.91 Å². The highest BCUT2D eigenvalue weighted by Crippen LogP contribution is 2.39. The zero-order valence-electron chi connectivity index (χ0n) is 13.1. The quantitative estimate of drug-likeness (QED) is 0.909. The molecule has 0 saturated carbocycles. The molecule has 1 amide bonds. The Balaban J connectivity index is 1.77. The first-order valence-corrected chi connectivity index (χ1v) is 7.72. The van der Waals surface area contributed by atoms with E-state index in [1.54, 1.807) is 0 Å². The van der Waals surface area contributed by atoms with Gasteiger partial charge in [-0.2, -0.15) is 0 Å². The Morgan fingerprint density at radius 1 is 1.33 bits per heavy atom. The third kappa shape index (κ3) is 3.05. The number of carbonyl (C=O) groups excluding carboxylic acids is 1. The van der Waals surface area contributed by atoms with Crippen LogP contribution in [0.3, 0.4) is 0 Å². The number of nitrogens with one attached hydrogen (secondary N) is 1. The smallest absolute Gasteiger partial charge is 0.222 e. The lowest BCUT2D eigenvalue weighted by Gasteiger charge is -2.40. The predicted molar refractivity (Wildman–Crippen MR) is 82.3 cm³/mol. The first kappa shape index (κ1) is 14.4. The summed E-state index contributed by atoms with van der Waals surface area (Å²) in [5, 5.41) is 3.75. The second-order valence-electron chi connectivity index (χ2n) is 6.83. The fourth-order valence-corrected chi connectivity index (χ4v) is 3.38. The first-order valence-electron chi connectivity index (χ1n) is 7.72. The van der Waals surface area contributed by atoms with Crippen LogP contribution in [0.5, 0.6) is 5.75 Å². The van der Waals surface area contributed by atoms with Gasteiger partial charge < -0.3 is 15.0 Å². The van der Waals surface area contributed by atoms with Crippen molar-refractivity contribution in [2.24, 2.45) is 0 Å². The standard InChI is InChI=1S/C17H24N2O2/c1-17(2)10-14(13-6-4-5-7-15(13)21-17)18-12-8-9-16(20)19(3)11-12/h4-7,12,14,18H,8-11H2,1-3H3. The van der Waals surface area contributed by atoms with E-state index in [9.17, 15) is 4.79 Å². The Morgan fingerprint density at radius 3 is 2.86 bits per heavy atom. The number of benzene rings is 1. The molecule has 4 nitrogen and oxygen atoms in total. The zero-order valence-corrected chi connectivity index (χ0v) is 13.1. The molecular formula is C17H24N2O2. The highest BCUT2D eigenvalue weighted by molar-refractivity contribution is 5.76. The van der Waals surface area contributed by atoms with Crippen molar-refractivity contribution >= 4 is 5.91 Å². The number of nitrogens with zero attached hydrogens (tertiary/aromatic N) is 1. The summed E-state index contributed by atoms with van der Waals surface area (Å²) in [5.74, 6) is 1.23. The van der Waals surface area contributed by atoms with Gasteiger partial charge in [-0.25, -0.2) is 0 Å². The molecule has 2 aliphatic heterocycles. The van der Waals surface area contributed by atoms with Gasteiger partial charge in [-0.1, -0.05) is 18.2 Å². The van der Waals surface area contributed by atoms with Crippen LogP contribution in [0.1, 0.15) is 44.7 Å². The van der Waals surface area contributed by atoms with Gasteiger partial charge in [0.05, 0.1) is 0 Å². The average molecular weight is 288 g/mol. The van der Waals surface area contributed by atoms with Crippen molar-refractivity contribution in [1.82, 2.24) is 10.2 Å². The summed E-state index contributed by atoms with van der Waals surface area (Å²) in [6.45, 7) is 5.06. The molecule has 1 aromatic carbocycles. The van der Waals surface area contributed by atoms with Crippen molar-refractivity contribution in [2.45, 2.75) is 50.8 Å². The largest absolute Gasteiger partial charge is 0.487 e. The van der Waals surface area contributed by atoms with Crippen LogP contribution in [0, 0.1) is 0 Å². The SMILES string of the molecule is CN1CC(NC2CC(C)(C)Oc3ccccc32)CCC1=O. The van der Waals surface area contributed by atoms with Crippen LogP contribution in [0.15, 0.2) is 24.3 Å². The van der Waals surface area contributed by atoms with E-state index in [1.807, 2.05) is 24.1 Å². The maximum atomic E-state index is 11.6. The van der Waals surface area contributed by atoms with E-state index in [1.165, 1.54) is 5.56 Å². The highest BCUT2D eigenvalue weighted by atomic mass is 16.5. The Bertz CT molecular complexity index is 541. The maximum Gasteiger partial charge on any atom is 0.222 e. The van der Waals surface area contributed by atoms with Gasteiger partial charge in [-0.05, 0) is 26.3 Å². The molecule has 0 bridgehead atoms. The minimum atomic E-state index is -0.164. The summed E-state index contributed by atoms with van der Waals surface area (Å²) in [6, 6.07) is 8.91. The molecule has 0 radical (unpaired) electrons. The number of likely N-dealkylation sites (tertiary alicyclic amines) is 1. The molecule has 1 saturated heterocycles. The number of ether oxygens (including phenoxy) is 1. The van der Waals surface area contributed by atoms with Crippen LogP contribution in [0.4, 0.5) is 0 Å². The number of piperidine rings is 1. The minimum absolute atomic E-state index is 0.164. The van der Waals surface area contributed by atoms with Crippen LogP contribution in [0.2, 0.25) is 0 Å². The number of para-hydroxylation sites is 1. The number of hydrogen-bond donors (Lipinski definition) is 1. The average Bonchev–Trinajstić information content (AvgIpc) is 2.42. The maximum absolute atomic E-state index is 11.6. The van der Waals surface area contributed by atoms with E-state index in [2.05, 4.69) is 31.3 Å². The van der Waals surface area contributed by atoms with Crippen LogP contribution in [-0.4, -0.2) is 36.0 Å². The highest BCUT2D eigenvalue weighted by Gasteiger charge is 2.35. The molecular weight excluding hydrogens is 264 g/mol. The molecule has 2 aliphatic rings. The molecule has 2 atom stereocenters. The Hall–Kier alpha value is -1.55. The third-order valence-corrected chi connectivity index (χ3v) is 4.44. The van der Waals surface area contributed by atoms with E-state index >= 15 is 0 Å². The van der Waals surface area contributed by atoms with Gasteiger partial charge >= 0.3 is 0 Å². The molecule has 21 heavy (non-hydrogen) atoms. The molecule has 2 heterocycles. The second-order valence-corrected chi connectivity index (χ2v) is 6.83. The predicted octanol–water partition coefficient (Wildman–Crippen LogP) is 2.50. The number of carbonyl (C=O) groups is 1. The van der Waals surface area contributed by atoms with Gasteiger partial charge in [0.25, 0.3) is 0 Å². The zero-order chi connectivity index (χ0) is 15.0. The fourth-order valence-electron chi connectivity index (χ4n) is 3.38. The molecule has 3 rings (SSSR count). The van der Waals surface area contributed by atoms with E-state index in [4.69, 9.17) is 4.74 Å². The molecule has 4 heteroatoms. The van der Waals surface area contributed by atoms with Crippen molar-refractivity contribution in [3.8, 4) is 5.75 Å². The van der Waals surface area contributed by atoms with Crippen molar-refractivity contribution in [2.75, 3.05) is 13.6 Å². The number of likely N-dealkylation sites (N-methyl/N-ethyl adjacent to an activating group) is 1. The van der Waals surface area contributed by atoms with Crippen LogP contribution in [0.25, 0.3) is 0 Å². The van der Waals surface area contributed by atoms with Gasteiger partial charge in [0.15, 0.2) is 0 Å².